The van der Waals surface area contributed by atoms with E-state index in [1.807, 2.05) is 0 Å². The molecule has 3 aromatic rings. The van der Waals surface area contributed by atoms with Crippen LogP contribution < -0.4 is 10.3 Å². The highest BCUT2D eigenvalue weighted by atomic mass is 32.1. The normalized spacial score (nSPS) is 15.9. The van der Waals surface area contributed by atoms with Gasteiger partial charge in [-0.25, -0.2) is 9.37 Å². The lowest BCUT2D eigenvalue weighted by atomic mass is 9.89. The number of carbonyl (C=O) groups excluding carboxylic acids is 1. The van der Waals surface area contributed by atoms with Gasteiger partial charge in [-0.05, 0) is 48.4 Å². The lowest BCUT2D eigenvalue weighted by Gasteiger charge is -2.17. The van der Waals surface area contributed by atoms with E-state index in [9.17, 15) is 14.0 Å². The average molecular weight is 416 g/mol. The molecule has 0 radical (unpaired) electrons. The summed E-state index contributed by atoms with van der Waals surface area (Å²) < 4.78 is 23.8. The molecular formula is C21H21FN2O4S. The third kappa shape index (κ3) is 4.03. The van der Waals surface area contributed by atoms with Crippen molar-refractivity contribution in [2.75, 3.05) is 7.11 Å². The smallest absolute Gasteiger partial charge is 0.310 e. The zero-order chi connectivity index (χ0) is 20.5. The number of carbonyl (C=O) groups is 1. The molecule has 152 valence electrons. The van der Waals surface area contributed by atoms with Crippen LogP contribution in [-0.4, -0.2) is 23.0 Å². The molecule has 4 rings (SSSR count). The number of aromatic nitrogens is 2. The molecule has 0 aliphatic heterocycles. The van der Waals surface area contributed by atoms with Crippen LogP contribution in [0.4, 0.5) is 4.39 Å². The fraction of sp³-hybridized carbons (Fsp3) is 0.381. The van der Waals surface area contributed by atoms with Crippen LogP contribution >= 0.6 is 11.3 Å². The number of thiophene rings is 1. The van der Waals surface area contributed by atoms with Gasteiger partial charge in [-0.15, -0.1) is 11.3 Å². The van der Waals surface area contributed by atoms with Crippen molar-refractivity contribution < 1.29 is 18.7 Å². The number of methoxy groups -OCH3 is 1. The largest absolute Gasteiger partial charge is 0.494 e. The molecule has 1 aromatic carbocycles. The number of aryl methyl sites for hydroxylation is 1. The molecule has 1 aliphatic rings. The summed E-state index contributed by atoms with van der Waals surface area (Å²) in [6.07, 6.45) is 2.86. The molecule has 2 aromatic heterocycles. The summed E-state index contributed by atoms with van der Waals surface area (Å²) in [6.45, 7) is 2.08. The maximum absolute atomic E-state index is 13.7. The number of nitrogens with zero attached hydrogens (tertiary/aromatic N) is 1. The summed E-state index contributed by atoms with van der Waals surface area (Å²) in [6, 6.07) is 4.31. The number of fused-ring (bicyclic) bond motifs is 3. The Morgan fingerprint density at radius 2 is 2.24 bits per heavy atom. The van der Waals surface area contributed by atoms with Crippen LogP contribution in [0.25, 0.3) is 10.2 Å². The second-order valence-electron chi connectivity index (χ2n) is 7.35. The van der Waals surface area contributed by atoms with Crippen LogP contribution in [0.2, 0.25) is 0 Å². The van der Waals surface area contributed by atoms with Crippen molar-refractivity contribution in [2.45, 2.75) is 39.2 Å². The summed E-state index contributed by atoms with van der Waals surface area (Å²) in [5.41, 5.74) is 1.40. The van der Waals surface area contributed by atoms with Gasteiger partial charge in [0.05, 0.1) is 18.9 Å². The zero-order valence-electron chi connectivity index (χ0n) is 16.2. The van der Waals surface area contributed by atoms with Crippen LogP contribution in [0.5, 0.6) is 5.75 Å². The van der Waals surface area contributed by atoms with Gasteiger partial charge in [-0.3, -0.25) is 9.59 Å². The predicted molar refractivity (Wildman–Crippen MR) is 108 cm³/mol. The predicted octanol–water partition coefficient (Wildman–Crippen LogP) is 3.54. The number of nitrogens with one attached hydrogen (secondary N) is 1. The topological polar surface area (TPSA) is 81.3 Å². The van der Waals surface area contributed by atoms with Crippen molar-refractivity contribution in [1.29, 1.82) is 0 Å². The third-order valence-corrected chi connectivity index (χ3v) is 6.30. The Morgan fingerprint density at radius 3 is 3.00 bits per heavy atom. The van der Waals surface area contributed by atoms with Gasteiger partial charge in [-0.1, -0.05) is 13.0 Å². The van der Waals surface area contributed by atoms with Crippen molar-refractivity contribution in [3.63, 3.8) is 0 Å². The monoisotopic (exact) mass is 416 g/mol. The second kappa shape index (κ2) is 7.94. The summed E-state index contributed by atoms with van der Waals surface area (Å²) >= 11 is 1.55. The third-order valence-electron chi connectivity index (χ3n) is 5.15. The van der Waals surface area contributed by atoms with Crippen LogP contribution in [0.3, 0.4) is 0 Å². The number of hydrogen-bond donors (Lipinski definition) is 1. The zero-order valence-corrected chi connectivity index (χ0v) is 17.0. The van der Waals surface area contributed by atoms with E-state index in [1.54, 1.807) is 17.4 Å². The lowest BCUT2D eigenvalue weighted by molar-refractivity contribution is -0.144. The average Bonchev–Trinajstić information content (AvgIpc) is 3.04. The fourth-order valence-electron chi connectivity index (χ4n) is 3.65. The van der Waals surface area contributed by atoms with Gasteiger partial charge in [0.25, 0.3) is 5.56 Å². The summed E-state index contributed by atoms with van der Waals surface area (Å²) in [7, 11) is 1.38. The Bertz CT molecular complexity index is 1140. The van der Waals surface area contributed by atoms with E-state index < -0.39 is 11.8 Å². The van der Waals surface area contributed by atoms with Crippen LogP contribution in [-0.2, 0) is 35.4 Å². The van der Waals surface area contributed by atoms with Gasteiger partial charge >= 0.3 is 5.97 Å². The number of ether oxygens (including phenoxy) is 2. The van der Waals surface area contributed by atoms with Crippen molar-refractivity contribution in [3.8, 4) is 5.75 Å². The highest BCUT2D eigenvalue weighted by Crippen LogP contribution is 2.35. The van der Waals surface area contributed by atoms with E-state index in [2.05, 4.69) is 16.9 Å². The molecule has 0 bridgehead atoms. The molecule has 0 unspecified atom stereocenters. The molecule has 2 heterocycles. The molecule has 1 aliphatic carbocycles. The molecular weight excluding hydrogens is 395 g/mol. The number of H-pyrrole nitrogens is 1. The van der Waals surface area contributed by atoms with E-state index in [1.165, 1.54) is 24.1 Å². The van der Waals surface area contributed by atoms with Gasteiger partial charge < -0.3 is 14.5 Å². The molecule has 1 N–H and O–H groups in total. The number of benzene rings is 1. The van der Waals surface area contributed by atoms with Crippen molar-refractivity contribution in [2.24, 2.45) is 5.92 Å². The lowest BCUT2D eigenvalue weighted by Crippen LogP contribution is -2.16. The Labute approximate surface area is 170 Å². The van der Waals surface area contributed by atoms with Crippen LogP contribution in [0.15, 0.2) is 23.0 Å². The Morgan fingerprint density at radius 1 is 1.41 bits per heavy atom. The SMILES string of the molecule is COc1ccc(CC(=O)OCc2nc3sc4c(c3c(=O)[nH]2)CC[C@H](C)C4)cc1F. The van der Waals surface area contributed by atoms with Gasteiger partial charge in [0, 0.05) is 4.88 Å². The molecule has 6 nitrogen and oxygen atoms in total. The van der Waals surface area contributed by atoms with Crippen molar-refractivity contribution in [1.82, 2.24) is 9.97 Å². The maximum atomic E-state index is 13.7. The van der Waals surface area contributed by atoms with E-state index in [0.29, 0.717) is 27.5 Å². The number of aromatic amines is 1. The molecule has 0 amide bonds. The molecule has 29 heavy (non-hydrogen) atoms. The van der Waals surface area contributed by atoms with E-state index >= 15 is 0 Å². The van der Waals surface area contributed by atoms with E-state index in [4.69, 9.17) is 9.47 Å². The highest BCUT2D eigenvalue weighted by Gasteiger charge is 2.23. The molecule has 8 heteroatoms. The number of hydrogen-bond acceptors (Lipinski definition) is 6. The quantitative estimate of drug-likeness (QED) is 0.644. The Hall–Kier alpha value is -2.74. The first kappa shape index (κ1) is 19.6. The summed E-state index contributed by atoms with van der Waals surface area (Å²) in [5, 5.41) is 0.667. The minimum atomic E-state index is -0.537. The molecule has 0 fully saturated rings. The van der Waals surface area contributed by atoms with Crippen molar-refractivity contribution >= 4 is 27.5 Å². The van der Waals surface area contributed by atoms with Gasteiger partial charge in [-0.2, -0.15) is 0 Å². The van der Waals surface area contributed by atoms with Gasteiger partial charge in [0.15, 0.2) is 11.6 Å². The minimum absolute atomic E-state index is 0.0847. The van der Waals surface area contributed by atoms with Gasteiger partial charge in [0.2, 0.25) is 0 Å². The first-order valence-electron chi connectivity index (χ1n) is 9.46. The standard InChI is InChI=1S/C21H21FN2O4S/c1-11-3-5-13-16(7-11)29-21-19(13)20(26)23-17(24-21)10-28-18(25)9-12-4-6-15(27-2)14(22)8-12/h4,6,8,11H,3,5,7,9-10H2,1-2H3,(H,23,24,26)/t11-/m0/s1. The van der Waals surface area contributed by atoms with Crippen LogP contribution in [0, 0.1) is 11.7 Å². The van der Waals surface area contributed by atoms with E-state index in [-0.39, 0.29) is 24.3 Å². The van der Waals surface area contributed by atoms with Gasteiger partial charge in [0.1, 0.15) is 17.3 Å². The maximum Gasteiger partial charge on any atom is 0.310 e. The Balaban J connectivity index is 1.46. The number of rotatable bonds is 5. The first-order chi connectivity index (χ1) is 13.9. The van der Waals surface area contributed by atoms with Crippen LogP contribution in [0.1, 0.15) is 35.2 Å². The molecule has 1 atom stereocenters. The second-order valence-corrected chi connectivity index (χ2v) is 8.43. The number of halogens is 1. The molecule has 0 spiro atoms. The molecule has 0 saturated carbocycles. The summed E-state index contributed by atoms with van der Waals surface area (Å²) in [4.78, 5) is 33.8. The van der Waals surface area contributed by atoms with Crippen molar-refractivity contribution in [3.05, 3.63) is 56.2 Å². The Kier molecular flexibility index (Phi) is 5.36. The van der Waals surface area contributed by atoms with E-state index in [0.717, 1.165) is 24.8 Å². The number of esters is 1. The summed E-state index contributed by atoms with van der Waals surface area (Å²) in [5.74, 6) is -0.0339. The molecule has 0 saturated heterocycles. The highest BCUT2D eigenvalue weighted by molar-refractivity contribution is 7.18. The fourth-order valence-corrected chi connectivity index (χ4v) is 5.05. The minimum Gasteiger partial charge on any atom is -0.494 e. The first-order valence-corrected chi connectivity index (χ1v) is 10.3.